The molecule has 0 saturated heterocycles. The standard InChI is InChI=1S/C8H7ClN2O6P2/c9-4-1-2-5-6(3-4)11-8(19(15,16)17)7(10-5)18(12,13)14/h1-3H,(H2,12,13,14)(H2,15,16,17). The van der Waals surface area contributed by atoms with E-state index in [1.807, 2.05) is 0 Å². The highest BCUT2D eigenvalue weighted by Gasteiger charge is 2.34. The van der Waals surface area contributed by atoms with Crippen molar-refractivity contribution in [3.8, 4) is 0 Å². The molecule has 4 N–H and O–H groups in total. The minimum Gasteiger partial charge on any atom is -0.320 e. The third kappa shape index (κ3) is 3.01. The highest BCUT2D eigenvalue weighted by Crippen LogP contribution is 2.39. The van der Waals surface area contributed by atoms with E-state index < -0.39 is 26.1 Å². The normalized spacial score (nSPS) is 12.9. The van der Waals surface area contributed by atoms with Crippen LogP contribution in [0.5, 0.6) is 0 Å². The van der Waals surface area contributed by atoms with Crippen LogP contribution in [0.25, 0.3) is 11.0 Å². The first-order chi connectivity index (χ1) is 8.59. The molecular formula is C8H7ClN2O6P2. The van der Waals surface area contributed by atoms with Crippen LogP contribution in [-0.4, -0.2) is 29.5 Å². The number of rotatable bonds is 2. The van der Waals surface area contributed by atoms with Gasteiger partial charge in [0.05, 0.1) is 11.0 Å². The van der Waals surface area contributed by atoms with E-state index >= 15 is 0 Å². The Bertz CT molecular complexity index is 754. The molecule has 1 aromatic carbocycles. The van der Waals surface area contributed by atoms with E-state index in [1.165, 1.54) is 18.2 Å². The molecule has 0 aliphatic carbocycles. The summed E-state index contributed by atoms with van der Waals surface area (Å²) in [6.07, 6.45) is 0. The lowest BCUT2D eigenvalue weighted by atomic mass is 10.3. The Labute approximate surface area is 111 Å². The second kappa shape index (κ2) is 4.61. The molecule has 19 heavy (non-hydrogen) atoms. The van der Waals surface area contributed by atoms with Gasteiger partial charge in [-0.1, -0.05) is 11.6 Å². The number of aromatic nitrogens is 2. The van der Waals surface area contributed by atoms with Gasteiger partial charge >= 0.3 is 15.2 Å². The zero-order chi connectivity index (χ0) is 14.4. The number of nitrogens with zero attached hydrogens (tertiary/aromatic N) is 2. The van der Waals surface area contributed by atoms with Crippen LogP contribution in [0, 0.1) is 0 Å². The molecule has 2 aromatic rings. The molecule has 1 heterocycles. The van der Waals surface area contributed by atoms with Crippen molar-refractivity contribution in [3.63, 3.8) is 0 Å². The third-order valence-corrected chi connectivity index (χ3v) is 4.28. The van der Waals surface area contributed by atoms with Crippen molar-refractivity contribution in [2.45, 2.75) is 0 Å². The predicted molar refractivity (Wildman–Crippen MR) is 67.9 cm³/mol. The Morgan fingerprint density at radius 2 is 1.37 bits per heavy atom. The van der Waals surface area contributed by atoms with Crippen LogP contribution < -0.4 is 10.9 Å². The van der Waals surface area contributed by atoms with Gasteiger partial charge in [-0.05, 0) is 18.2 Å². The van der Waals surface area contributed by atoms with Crippen molar-refractivity contribution in [2.24, 2.45) is 0 Å². The molecular weight excluding hydrogens is 317 g/mol. The molecule has 102 valence electrons. The first kappa shape index (κ1) is 14.6. The first-order valence-corrected chi connectivity index (χ1v) is 8.29. The van der Waals surface area contributed by atoms with E-state index in [0.717, 1.165) is 0 Å². The lowest BCUT2D eigenvalue weighted by Gasteiger charge is -2.11. The van der Waals surface area contributed by atoms with E-state index in [4.69, 9.17) is 31.2 Å². The predicted octanol–water partition coefficient (Wildman–Crippen LogP) is -0.111. The third-order valence-electron chi connectivity index (χ3n) is 2.14. The molecule has 0 fully saturated rings. The molecule has 11 heteroatoms. The average molecular weight is 325 g/mol. The van der Waals surface area contributed by atoms with Gasteiger partial charge in [-0.25, -0.2) is 9.97 Å². The number of fused-ring (bicyclic) bond motifs is 1. The summed E-state index contributed by atoms with van der Waals surface area (Å²) in [4.78, 5) is 43.5. The van der Waals surface area contributed by atoms with Crippen LogP contribution in [-0.2, 0) is 9.13 Å². The fraction of sp³-hybridized carbons (Fsp3) is 0. The highest BCUT2D eigenvalue weighted by molar-refractivity contribution is 7.66. The van der Waals surface area contributed by atoms with Gasteiger partial charge in [0, 0.05) is 5.02 Å². The van der Waals surface area contributed by atoms with Crippen LogP contribution in [0.3, 0.4) is 0 Å². The summed E-state index contributed by atoms with van der Waals surface area (Å²) in [6.45, 7) is 0. The molecule has 0 aliphatic heterocycles. The monoisotopic (exact) mass is 324 g/mol. The van der Waals surface area contributed by atoms with Crippen molar-refractivity contribution < 1.29 is 28.7 Å². The summed E-state index contributed by atoms with van der Waals surface area (Å²) in [5.41, 5.74) is -1.98. The van der Waals surface area contributed by atoms with Gasteiger partial charge in [-0.2, -0.15) is 0 Å². The van der Waals surface area contributed by atoms with E-state index in [0.29, 0.717) is 0 Å². The molecule has 0 bridgehead atoms. The van der Waals surface area contributed by atoms with Crippen LogP contribution in [0.2, 0.25) is 5.02 Å². The van der Waals surface area contributed by atoms with E-state index in [-0.39, 0.29) is 16.1 Å². The Morgan fingerprint density at radius 1 is 0.895 bits per heavy atom. The SMILES string of the molecule is O=P(O)(O)c1nc2ccc(Cl)cc2nc1P(=O)(O)O. The first-order valence-electron chi connectivity index (χ1n) is 4.68. The molecule has 0 radical (unpaired) electrons. The van der Waals surface area contributed by atoms with Gasteiger partial charge in [0.15, 0.2) is 10.9 Å². The molecule has 0 unspecified atom stereocenters. The summed E-state index contributed by atoms with van der Waals surface area (Å²) >= 11 is 5.70. The molecule has 0 spiro atoms. The lowest BCUT2D eigenvalue weighted by Crippen LogP contribution is -2.31. The summed E-state index contributed by atoms with van der Waals surface area (Å²) in [5.74, 6) is 0. The van der Waals surface area contributed by atoms with Gasteiger partial charge in [0.1, 0.15) is 0 Å². The second-order valence-electron chi connectivity index (χ2n) is 3.59. The fourth-order valence-corrected chi connectivity index (χ4v) is 3.44. The Balaban J connectivity index is 2.90. The number of halogens is 1. The Hall–Kier alpha value is -0.850. The van der Waals surface area contributed by atoms with E-state index in [1.54, 1.807) is 0 Å². The molecule has 0 amide bonds. The van der Waals surface area contributed by atoms with E-state index in [9.17, 15) is 9.13 Å². The van der Waals surface area contributed by atoms with Crippen molar-refractivity contribution >= 4 is 48.7 Å². The van der Waals surface area contributed by atoms with Crippen LogP contribution in [0.15, 0.2) is 18.2 Å². The molecule has 0 saturated carbocycles. The van der Waals surface area contributed by atoms with Crippen LogP contribution in [0.1, 0.15) is 0 Å². The molecule has 8 nitrogen and oxygen atoms in total. The molecule has 1 aromatic heterocycles. The van der Waals surface area contributed by atoms with Crippen molar-refractivity contribution in [1.82, 2.24) is 9.97 Å². The highest BCUT2D eigenvalue weighted by atomic mass is 35.5. The topological polar surface area (TPSA) is 141 Å². The van der Waals surface area contributed by atoms with Gasteiger partial charge < -0.3 is 19.6 Å². The smallest absolute Gasteiger partial charge is 0.320 e. The zero-order valence-corrected chi connectivity index (χ0v) is 11.5. The number of benzene rings is 1. The molecule has 0 aliphatic rings. The number of hydrogen-bond donors (Lipinski definition) is 4. The fourth-order valence-electron chi connectivity index (χ4n) is 1.40. The minimum atomic E-state index is -4.98. The Morgan fingerprint density at radius 3 is 1.84 bits per heavy atom. The minimum absolute atomic E-state index is 0.0306. The maximum Gasteiger partial charge on any atom is 0.377 e. The van der Waals surface area contributed by atoms with Crippen molar-refractivity contribution in [2.75, 3.05) is 0 Å². The van der Waals surface area contributed by atoms with Crippen molar-refractivity contribution in [3.05, 3.63) is 23.2 Å². The maximum atomic E-state index is 11.2. The molecule has 0 atom stereocenters. The Kier molecular flexibility index (Phi) is 3.53. The number of hydrogen-bond acceptors (Lipinski definition) is 4. The summed E-state index contributed by atoms with van der Waals surface area (Å²) in [6, 6.07) is 4.04. The van der Waals surface area contributed by atoms with Gasteiger partial charge in [0.2, 0.25) is 0 Å². The average Bonchev–Trinajstić information content (AvgIpc) is 2.24. The van der Waals surface area contributed by atoms with E-state index in [2.05, 4.69) is 9.97 Å². The van der Waals surface area contributed by atoms with Gasteiger partial charge in [0.25, 0.3) is 0 Å². The second-order valence-corrected chi connectivity index (χ2v) is 7.05. The largest absolute Gasteiger partial charge is 0.377 e. The van der Waals surface area contributed by atoms with Crippen LogP contribution >= 0.6 is 26.8 Å². The zero-order valence-electron chi connectivity index (χ0n) is 9.00. The van der Waals surface area contributed by atoms with Crippen molar-refractivity contribution in [1.29, 1.82) is 0 Å². The molecule has 2 rings (SSSR count). The van der Waals surface area contributed by atoms with Crippen LogP contribution in [0.4, 0.5) is 0 Å². The summed E-state index contributed by atoms with van der Waals surface area (Å²) < 4.78 is 22.5. The summed E-state index contributed by atoms with van der Waals surface area (Å²) in [7, 11) is -9.95. The maximum absolute atomic E-state index is 11.2. The van der Waals surface area contributed by atoms with Gasteiger partial charge in [-0.15, -0.1) is 0 Å². The van der Waals surface area contributed by atoms with Gasteiger partial charge in [-0.3, -0.25) is 9.13 Å². The lowest BCUT2D eigenvalue weighted by molar-refractivity contribution is 0.379. The quantitative estimate of drug-likeness (QED) is 0.561. The summed E-state index contributed by atoms with van der Waals surface area (Å²) in [5, 5.41) is 0.252.